The first-order valence-electron chi connectivity index (χ1n) is 6.60. The van der Waals surface area contributed by atoms with Gasteiger partial charge in [-0.1, -0.05) is 27.7 Å². The van der Waals surface area contributed by atoms with Crippen molar-refractivity contribution in [3.63, 3.8) is 0 Å². The monoisotopic (exact) mass is 251 g/mol. The van der Waals surface area contributed by atoms with E-state index in [9.17, 15) is 13.2 Å². The molecular weight excluding hydrogens is 227 g/mol. The van der Waals surface area contributed by atoms with Crippen LogP contribution in [0.5, 0.6) is 0 Å². The fraction of sp³-hybridized carbons (Fsp3) is 1.00. The Morgan fingerprint density at radius 1 is 1.18 bits per heavy atom. The highest BCUT2D eigenvalue weighted by Crippen LogP contribution is 2.56. The molecule has 0 radical (unpaired) electrons. The molecule has 0 amide bonds. The van der Waals surface area contributed by atoms with Gasteiger partial charge < -0.3 is 4.90 Å². The summed E-state index contributed by atoms with van der Waals surface area (Å²) < 4.78 is 36.9. The molecule has 0 bridgehead atoms. The molecule has 2 fully saturated rings. The van der Waals surface area contributed by atoms with Crippen LogP contribution in [0.4, 0.5) is 13.2 Å². The third kappa shape index (κ3) is 3.36. The highest BCUT2D eigenvalue weighted by molar-refractivity contribution is 5.05. The van der Waals surface area contributed by atoms with Gasteiger partial charge in [-0.05, 0) is 24.2 Å². The van der Waals surface area contributed by atoms with E-state index in [1.54, 1.807) is 0 Å². The largest absolute Gasteiger partial charge is 0.391 e. The van der Waals surface area contributed by atoms with Crippen LogP contribution in [0.1, 0.15) is 40.5 Å². The Morgan fingerprint density at radius 3 is 2.00 bits per heavy atom. The first-order valence-corrected chi connectivity index (χ1v) is 6.60. The lowest BCUT2D eigenvalue weighted by molar-refractivity contribution is -0.243. The quantitative estimate of drug-likeness (QED) is 0.718. The van der Waals surface area contributed by atoms with Gasteiger partial charge in [-0.25, -0.2) is 0 Å². The minimum Gasteiger partial charge on any atom is -0.302 e. The van der Waals surface area contributed by atoms with Gasteiger partial charge in [-0.3, -0.25) is 0 Å². The van der Waals surface area contributed by atoms with Crippen molar-refractivity contribution < 1.29 is 13.2 Å². The number of rotatable bonds is 2. The minimum absolute atomic E-state index is 0.0368. The minimum atomic E-state index is -3.95. The number of alkyl halides is 3. The van der Waals surface area contributed by atoms with Crippen LogP contribution < -0.4 is 0 Å². The lowest BCUT2D eigenvalue weighted by atomic mass is 9.57. The Hall–Kier alpha value is -0.250. The zero-order valence-electron chi connectivity index (χ0n) is 11.3. The maximum absolute atomic E-state index is 12.3. The second-order valence-corrected chi connectivity index (χ2v) is 5.71. The predicted octanol–water partition coefficient (Wildman–Crippen LogP) is 3.94. The average Bonchev–Trinajstić information content (AvgIpc) is 2.07. The summed E-state index contributed by atoms with van der Waals surface area (Å²) in [5.41, 5.74) is 0.0368. The van der Waals surface area contributed by atoms with Gasteiger partial charge in [0.15, 0.2) is 0 Å². The van der Waals surface area contributed by atoms with Crippen molar-refractivity contribution >= 4 is 0 Å². The zero-order chi connectivity index (χ0) is 13.3. The molecule has 1 saturated heterocycles. The second-order valence-electron chi connectivity index (χ2n) is 5.71. The third-order valence-corrected chi connectivity index (χ3v) is 3.56. The highest BCUT2D eigenvalue weighted by Gasteiger charge is 2.59. The van der Waals surface area contributed by atoms with Gasteiger partial charge in [0.1, 0.15) is 0 Å². The molecule has 1 aliphatic carbocycles. The van der Waals surface area contributed by atoms with E-state index in [2.05, 4.69) is 18.7 Å². The lowest BCUT2D eigenvalue weighted by Gasteiger charge is -2.59. The summed E-state index contributed by atoms with van der Waals surface area (Å²) in [5.74, 6) is -0.403. The Morgan fingerprint density at radius 2 is 1.65 bits per heavy atom. The molecule has 102 valence electrons. The molecule has 2 aliphatic rings. The van der Waals surface area contributed by atoms with Crippen molar-refractivity contribution in [2.45, 2.75) is 46.7 Å². The molecule has 0 aromatic heterocycles. The first-order chi connectivity index (χ1) is 7.81. The van der Waals surface area contributed by atoms with Crippen LogP contribution >= 0.6 is 0 Å². The SMILES string of the molecule is CC.CC(C)CN1CC2(CC(C(F)(F)F)C2)C1. The summed E-state index contributed by atoms with van der Waals surface area (Å²) in [6.07, 6.45) is -3.22. The van der Waals surface area contributed by atoms with Gasteiger partial charge in [0.2, 0.25) is 0 Å². The lowest BCUT2D eigenvalue weighted by Crippen LogP contribution is -2.64. The Balaban J connectivity index is 0.000000686. The van der Waals surface area contributed by atoms with Crippen LogP contribution in [0.2, 0.25) is 0 Å². The Kier molecular flexibility index (Phi) is 4.50. The molecule has 4 heteroatoms. The van der Waals surface area contributed by atoms with Gasteiger partial charge in [-0.15, -0.1) is 0 Å². The normalized spacial score (nSPS) is 24.0. The van der Waals surface area contributed by atoms with Gasteiger partial charge in [-0.2, -0.15) is 13.2 Å². The number of hydrogen-bond donors (Lipinski definition) is 0. The van der Waals surface area contributed by atoms with Crippen LogP contribution in [0, 0.1) is 17.3 Å². The molecular formula is C13H24F3N. The summed E-state index contributed by atoms with van der Waals surface area (Å²) in [7, 11) is 0. The van der Waals surface area contributed by atoms with E-state index < -0.39 is 12.1 Å². The molecule has 1 spiro atoms. The molecule has 2 rings (SSSR count). The van der Waals surface area contributed by atoms with E-state index in [4.69, 9.17) is 0 Å². The van der Waals surface area contributed by atoms with Crippen LogP contribution in [-0.2, 0) is 0 Å². The fourth-order valence-electron chi connectivity index (χ4n) is 3.02. The molecule has 1 aliphatic heterocycles. The molecule has 0 N–H and O–H groups in total. The zero-order valence-corrected chi connectivity index (χ0v) is 11.3. The van der Waals surface area contributed by atoms with Crippen molar-refractivity contribution in [2.75, 3.05) is 19.6 Å². The van der Waals surface area contributed by atoms with Crippen molar-refractivity contribution in [3.8, 4) is 0 Å². The maximum atomic E-state index is 12.3. The van der Waals surface area contributed by atoms with E-state index in [-0.39, 0.29) is 5.41 Å². The molecule has 1 nitrogen and oxygen atoms in total. The highest BCUT2D eigenvalue weighted by atomic mass is 19.4. The maximum Gasteiger partial charge on any atom is 0.391 e. The number of halogens is 3. The topological polar surface area (TPSA) is 3.24 Å². The number of hydrogen-bond acceptors (Lipinski definition) is 1. The van der Waals surface area contributed by atoms with E-state index in [0.29, 0.717) is 18.8 Å². The first kappa shape index (κ1) is 14.8. The summed E-state index contributed by atoms with van der Waals surface area (Å²) in [6.45, 7) is 11.1. The second kappa shape index (κ2) is 5.17. The van der Waals surface area contributed by atoms with Crippen molar-refractivity contribution in [3.05, 3.63) is 0 Å². The predicted molar refractivity (Wildman–Crippen MR) is 63.8 cm³/mol. The van der Waals surface area contributed by atoms with Gasteiger partial charge in [0.25, 0.3) is 0 Å². The van der Waals surface area contributed by atoms with E-state index in [1.807, 2.05) is 13.8 Å². The van der Waals surface area contributed by atoms with Crippen molar-refractivity contribution in [1.82, 2.24) is 4.90 Å². The van der Waals surface area contributed by atoms with Gasteiger partial charge in [0.05, 0.1) is 5.92 Å². The summed E-state index contributed by atoms with van der Waals surface area (Å²) in [6, 6.07) is 0. The van der Waals surface area contributed by atoms with Crippen molar-refractivity contribution in [1.29, 1.82) is 0 Å². The van der Waals surface area contributed by atoms with Crippen LogP contribution in [0.25, 0.3) is 0 Å². The Labute approximate surface area is 102 Å². The molecule has 1 heterocycles. The summed E-state index contributed by atoms with van der Waals surface area (Å²) in [4.78, 5) is 2.28. The molecule has 0 unspecified atom stereocenters. The molecule has 0 aromatic rings. The van der Waals surface area contributed by atoms with Gasteiger partial charge in [0, 0.05) is 19.6 Å². The summed E-state index contributed by atoms with van der Waals surface area (Å²) >= 11 is 0. The number of nitrogens with zero attached hydrogens (tertiary/aromatic N) is 1. The van der Waals surface area contributed by atoms with Crippen molar-refractivity contribution in [2.24, 2.45) is 17.3 Å². The summed E-state index contributed by atoms with van der Waals surface area (Å²) in [5, 5.41) is 0. The average molecular weight is 251 g/mol. The third-order valence-electron chi connectivity index (χ3n) is 3.56. The standard InChI is InChI=1S/C11H18F3N.C2H6/c1-8(2)5-15-6-10(7-15)3-9(4-10)11(12,13)14;1-2/h8-9H,3-7H2,1-2H3;1-2H3. The number of likely N-dealkylation sites (tertiary alicyclic amines) is 1. The molecule has 17 heavy (non-hydrogen) atoms. The van der Waals surface area contributed by atoms with Crippen LogP contribution in [-0.4, -0.2) is 30.7 Å². The molecule has 0 aromatic carbocycles. The molecule has 1 saturated carbocycles. The van der Waals surface area contributed by atoms with E-state index in [1.165, 1.54) is 0 Å². The Bertz CT molecular complexity index is 234. The van der Waals surface area contributed by atoms with E-state index >= 15 is 0 Å². The van der Waals surface area contributed by atoms with Gasteiger partial charge >= 0.3 is 6.18 Å². The van der Waals surface area contributed by atoms with Crippen LogP contribution in [0.3, 0.4) is 0 Å². The smallest absolute Gasteiger partial charge is 0.302 e. The molecule has 0 atom stereocenters. The van der Waals surface area contributed by atoms with E-state index in [0.717, 1.165) is 19.6 Å². The van der Waals surface area contributed by atoms with Crippen LogP contribution in [0.15, 0.2) is 0 Å². The fourth-order valence-corrected chi connectivity index (χ4v) is 3.02.